The fourth-order valence-electron chi connectivity index (χ4n) is 2.97. The van der Waals surface area contributed by atoms with E-state index in [9.17, 15) is 19.7 Å². The predicted molar refractivity (Wildman–Crippen MR) is 105 cm³/mol. The van der Waals surface area contributed by atoms with Gasteiger partial charge in [-0.3, -0.25) is 14.9 Å². The van der Waals surface area contributed by atoms with Crippen molar-refractivity contribution < 1.29 is 19.2 Å². The summed E-state index contributed by atoms with van der Waals surface area (Å²) >= 11 is 0. The minimum Gasteiger partial charge on any atom is -0.466 e. The molecule has 0 saturated carbocycles. The van der Waals surface area contributed by atoms with Crippen molar-refractivity contribution in [1.82, 2.24) is 0 Å². The molecule has 8 nitrogen and oxygen atoms in total. The molecule has 2 aromatic carbocycles. The Morgan fingerprint density at radius 1 is 1.29 bits per heavy atom. The molecule has 1 aliphatic heterocycles. The molecule has 0 unspecified atom stereocenters. The Morgan fingerprint density at radius 2 is 2.11 bits per heavy atom. The average molecular weight is 381 g/mol. The van der Waals surface area contributed by atoms with E-state index in [4.69, 9.17) is 0 Å². The second-order valence-electron chi connectivity index (χ2n) is 6.21. The van der Waals surface area contributed by atoms with Crippen LogP contribution < -0.4 is 10.2 Å². The Balaban J connectivity index is 1.85. The quantitative estimate of drug-likeness (QED) is 0.355. The van der Waals surface area contributed by atoms with Crippen LogP contribution in [0.15, 0.2) is 48.5 Å². The van der Waals surface area contributed by atoms with Crippen molar-refractivity contribution in [2.75, 3.05) is 23.9 Å². The van der Waals surface area contributed by atoms with Crippen molar-refractivity contribution in [2.24, 2.45) is 0 Å². The third-order valence-electron chi connectivity index (χ3n) is 4.34. The van der Waals surface area contributed by atoms with Gasteiger partial charge in [0.25, 0.3) is 5.69 Å². The van der Waals surface area contributed by atoms with Crippen molar-refractivity contribution in [3.63, 3.8) is 0 Å². The van der Waals surface area contributed by atoms with Crippen LogP contribution in [0.1, 0.15) is 18.4 Å². The highest BCUT2D eigenvalue weighted by molar-refractivity contribution is 5.96. The largest absolute Gasteiger partial charge is 0.466 e. The number of carbonyl (C=O) groups excluding carboxylic acids is 2. The molecule has 0 radical (unpaired) electrons. The summed E-state index contributed by atoms with van der Waals surface area (Å²) in [4.78, 5) is 35.8. The van der Waals surface area contributed by atoms with Crippen LogP contribution >= 0.6 is 0 Å². The summed E-state index contributed by atoms with van der Waals surface area (Å²) < 4.78 is 4.51. The van der Waals surface area contributed by atoms with Gasteiger partial charge >= 0.3 is 5.97 Å². The van der Waals surface area contributed by atoms with Crippen LogP contribution in [0.5, 0.6) is 0 Å². The molecular weight excluding hydrogens is 362 g/mol. The second kappa shape index (κ2) is 8.34. The van der Waals surface area contributed by atoms with Gasteiger partial charge in [-0.1, -0.05) is 12.1 Å². The van der Waals surface area contributed by atoms with E-state index < -0.39 is 10.9 Å². The number of ether oxygens (including phenoxy) is 1. The van der Waals surface area contributed by atoms with E-state index in [1.165, 1.54) is 25.3 Å². The molecule has 1 aliphatic rings. The van der Waals surface area contributed by atoms with E-state index in [-0.39, 0.29) is 11.6 Å². The summed E-state index contributed by atoms with van der Waals surface area (Å²) in [5, 5.41) is 14.5. The number of anilines is 3. The molecular formula is C20H19N3O5. The first kappa shape index (κ1) is 19.1. The van der Waals surface area contributed by atoms with Gasteiger partial charge in [0.05, 0.1) is 12.0 Å². The molecule has 1 saturated heterocycles. The number of carbonyl (C=O) groups is 2. The molecule has 1 amide bonds. The SMILES string of the molecule is COC(=O)/C=C/c1ccc(Nc2cccc(N3CCCC3=O)c2)c([N+](=O)[O-])c1. The van der Waals surface area contributed by atoms with Crippen molar-refractivity contribution in [1.29, 1.82) is 0 Å². The van der Waals surface area contributed by atoms with Crippen LogP contribution in [0.2, 0.25) is 0 Å². The fourth-order valence-corrected chi connectivity index (χ4v) is 2.97. The van der Waals surface area contributed by atoms with E-state index in [1.807, 2.05) is 6.07 Å². The summed E-state index contributed by atoms with van der Waals surface area (Å²) in [6.07, 6.45) is 4.00. The smallest absolute Gasteiger partial charge is 0.330 e. The lowest BCUT2D eigenvalue weighted by Crippen LogP contribution is -2.23. The lowest BCUT2D eigenvalue weighted by atomic mass is 10.1. The first-order chi connectivity index (χ1) is 13.5. The molecule has 0 bridgehead atoms. The van der Waals surface area contributed by atoms with E-state index in [0.717, 1.165) is 12.1 Å². The summed E-state index contributed by atoms with van der Waals surface area (Å²) in [7, 11) is 1.26. The summed E-state index contributed by atoms with van der Waals surface area (Å²) in [6, 6.07) is 11.8. The zero-order chi connectivity index (χ0) is 20.1. The minimum absolute atomic E-state index is 0.0740. The van der Waals surface area contributed by atoms with Crippen molar-refractivity contribution in [3.05, 3.63) is 64.2 Å². The van der Waals surface area contributed by atoms with E-state index in [1.54, 1.807) is 35.2 Å². The number of benzene rings is 2. The second-order valence-corrected chi connectivity index (χ2v) is 6.21. The monoisotopic (exact) mass is 381 g/mol. The highest BCUT2D eigenvalue weighted by Gasteiger charge is 2.22. The van der Waals surface area contributed by atoms with Crippen LogP contribution in [0.25, 0.3) is 6.08 Å². The van der Waals surface area contributed by atoms with Crippen LogP contribution in [0.3, 0.4) is 0 Å². The maximum Gasteiger partial charge on any atom is 0.330 e. The first-order valence-electron chi connectivity index (χ1n) is 8.70. The van der Waals surface area contributed by atoms with Gasteiger partial charge in [-0.25, -0.2) is 4.79 Å². The number of nitrogens with one attached hydrogen (secondary N) is 1. The molecule has 2 aromatic rings. The van der Waals surface area contributed by atoms with Gasteiger partial charge in [0.1, 0.15) is 5.69 Å². The lowest BCUT2D eigenvalue weighted by Gasteiger charge is -2.17. The Kier molecular flexibility index (Phi) is 5.69. The fraction of sp³-hybridized carbons (Fsp3) is 0.200. The molecule has 1 heterocycles. The van der Waals surface area contributed by atoms with Gasteiger partial charge in [-0.05, 0) is 42.3 Å². The number of hydrogen-bond acceptors (Lipinski definition) is 6. The standard InChI is InChI=1S/C20H19N3O5/c1-28-20(25)10-8-14-7-9-17(18(12-14)23(26)27)21-15-4-2-5-16(13-15)22-11-3-6-19(22)24/h2,4-5,7-10,12-13,21H,3,6,11H2,1H3/b10-8+. The molecule has 0 atom stereocenters. The highest BCUT2D eigenvalue weighted by atomic mass is 16.6. The predicted octanol–water partition coefficient (Wildman–Crippen LogP) is 3.65. The number of hydrogen-bond donors (Lipinski definition) is 1. The number of nitro benzene ring substituents is 1. The molecule has 144 valence electrons. The number of esters is 1. The summed E-state index contributed by atoms with van der Waals surface area (Å²) in [5.74, 6) is -0.469. The number of amides is 1. The van der Waals surface area contributed by atoms with Gasteiger partial charge in [0, 0.05) is 36.5 Å². The van der Waals surface area contributed by atoms with Gasteiger partial charge in [-0.2, -0.15) is 0 Å². The van der Waals surface area contributed by atoms with Gasteiger partial charge in [0.15, 0.2) is 0 Å². The maximum absolute atomic E-state index is 11.9. The van der Waals surface area contributed by atoms with Crippen molar-refractivity contribution in [2.45, 2.75) is 12.8 Å². The Bertz CT molecular complexity index is 955. The Morgan fingerprint density at radius 3 is 2.79 bits per heavy atom. The van der Waals surface area contributed by atoms with Gasteiger partial charge in [0.2, 0.25) is 5.91 Å². The van der Waals surface area contributed by atoms with E-state index in [0.29, 0.717) is 29.9 Å². The van der Waals surface area contributed by atoms with Gasteiger partial charge < -0.3 is 15.0 Å². The molecule has 8 heteroatoms. The Hall–Kier alpha value is -3.68. The maximum atomic E-state index is 11.9. The number of methoxy groups -OCH3 is 1. The van der Waals surface area contributed by atoms with E-state index in [2.05, 4.69) is 10.1 Å². The van der Waals surface area contributed by atoms with Crippen LogP contribution in [0, 0.1) is 10.1 Å². The molecule has 28 heavy (non-hydrogen) atoms. The molecule has 1 fully saturated rings. The summed E-state index contributed by atoms with van der Waals surface area (Å²) in [5.41, 5.74) is 2.07. The zero-order valence-corrected chi connectivity index (χ0v) is 15.3. The Labute approximate surface area is 161 Å². The van der Waals surface area contributed by atoms with Crippen LogP contribution in [-0.4, -0.2) is 30.5 Å². The third kappa shape index (κ3) is 4.35. The zero-order valence-electron chi connectivity index (χ0n) is 15.3. The molecule has 0 aliphatic carbocycles. The number of nitrogens with zero attached hydrogens (tertiary/aromatic N) is 2. The molecule has 0 aromatic heterocycles. The van der Waals surface area contributed by atoms with Crippen molar-refractivity contribution >= 4 is 40.7 Å². The number of rotatable bonds is 6. The third-order valence-corrected chi connectivity index (χ3v) is 4.34. The topological polar surface area (TPSA) is 102 Å². The van der Waals surface area contributed by atoms with Crippen molar-refractivity contribution in [3.8, 4) is 0 Å². The van der Waals surface area contributed by atoms with E-state index >= 15 is 0 Å². The average Bonchev–Trinajstić information content (AvgIpc) is 3.12. The normalized spacial score (nSPS) is 13.8. The van der Waals surface area contributed by atoms with Crippen LogP contribution in [0.4, 0.5) is 22.7 Å². The first-order valence-corrected chi connectivity index (χ1v) is 8.70. The van der Waals surface area contributed by atoms with Gasteiger partial charge in [-0.15, -0.1) is 0 Å². The molecule has 3 rings (SSSR count). The minimum atomic E-state index is -0.543. The highest BCUT2D eigenvalue weighted by Crippen LogP contribution is 2.31. The number of nitro groups is 1. The lowest BCUT2D eigenvalue weighted by molar-refractivity contribution is -0.383. The molecule has 0 spiro atoms. The summed E-state index contributed by atoms with van der Waals surface area (Å²) in [6.45, 7) is 0.670. The molecule has 1 N–H and O–H groups in total. The van der Waals surface area contributed by atoms with Crippen LogP contribution in [-0.2, 0) is 14.3 Å².